The molecular formula is C25H24N4O3. The number of carbonyl (C=O) groups excluding carboxylic acids is 1. The van der Waals surface area contributed by atoms with Crippen molar-refractivity contribution in [2.24, 2.45) is 0 Å². The molecule has 0 aliphatic heterocycles. The lowest BCUT2D eigenvalue weighted by Gasteiger charge is -2.34. The van der Waals surface area contributed by atoms with Crippen LogP contribution in [-0.4, -0.2) is 34.3 Å². The molecule has 0 atom stereocenters. The van der Waals surface area contributed by atoms with Crippen molar-refractivity contribution >= 4 is 22.5 Å². The van der Waals surface area contributed by atoms with Gasteiger partial charge in [-0.05, 0) is 41.3 Å². The Morgan fingerprint density at radius 2 is 1.94 bits per heavy atom. The van der Waals surface area contributed by atoms with E-state index < -0.39 is 0 Å². The molecule has 2 aromatic carbocycles. The molecule has 0 saturated heterocycles. The Kier molecular flexibility index (Phi) is 5.46. The van der Waals surface area contributed by atoms with Gasteiger partial charge in [0.2, 0.25) is 5.91 Å². The van der Waals surface area contributed by atoms with E-state index in [-0.39, 0.29) is 12.0 Å². The molecule has 2 aromatic heterocycles. The smallest absolute Gasteiger partial charge is 0.257 e. The number of hydrogen-bond donors (Lipinski definition) is 2. The molecule has 1 saturated carbocycles. The van der Waals surface area contributed by atoms with Gasteiger partial charge < -0.3 is 14.8 Å². The number of hydrogen-bond acceptors (Lipinski definition) is 5. The lowest BCUT2D eigenvalue weighted by atomic mass is 9.80. The van der Waals surface area contributed by atoms with Crippen LogP contribution in [0, 0.1) is 0 Å². The van der Waals surface area contributed by atoms with E-state index in [9.17, 15) is 4.79 Å². The summed E-state index contributed by atoms with van der Waals surface area (Å²) in [6.45, 7) is 0. The molecule has 4 aromatic rings. The van der Waals surface area contributed by atoms with E-state index in [4.69, 9.17) is 9.47 Å². The van der Waals surface area contributed by atoms with Gasteiger partial charge in [0, 0.05) is 23.9 Å². The molecule has 162 valence electrons. The first-order valence-electron chi connectivity index (χ1n) is 10.7. The van der Waals surface area contributed by atoms with Crippen molar-refractivity contribution in [2.45, 2.75) is 31.3 Å². The first kappa shape index (κ1) is 20.1. The van der Waals surface area contributed by atoms with Gasteiger partial charge in [0.15, 0.2) is 11.6 Å². The van der Waals surface area contributed by atoms with Crippen LogP contribution in [-0.2, 0) is 11.2 Å². The molecule has 32 heavy (non-hydrogen) atoms. The number of nitrogens with one attached hydrogen (secondary N) is 2. The fourth-order valence-electron chi connectivity index (χ4n) is 4.02. The van der Waals surface area contributed by atoms with Crippen molar-refractivity contribution in [3.63, 3.8) is 0 Å². The molecule has 7 heteroatoms. The monoisotopic (exact) mass is 428 g/mol. The zero-order valence-corrected chi connectivity index (χ0v) is 17.7. The molecule has 5 rings (SSSR count). The molecule has 1 aliphatic carbocycles. The molecule has 2 N–H and O–H groups in total. The Morgan fingerprint density at radius 1 is 1.09 bits per heavy atom. The summed E-state index contributed by atoms with van der Waals surface area (Å²) < 4.78 is 11.2. The lowest BCUT2D eigenvalue weighted by molar-refractivity contribution is -0.115. The summed E-state index contributed by atoms with van der Waals surface area (Å²) in [5.74, 6) is 1.92. The van der Waals surface area contributed by atoms with Crippen LogP contribution in [0.2, 0.25) is 0 Å². The number of amides is 1. The van der Waals surface area contributed by atoms with Crippen LogP contribution in [0.1, 0.15) is 30.0 Å². The molecule has 0 radical (unpaired) electrons. The minimum atomic E-state index is -0.0876. The van der Waals surface area contributed by atoms with E-state index in [1.54, 1.807) is 13.3 Å². The molecule has 1 aliphatic rings. The van der Waals surface area contributed by atoms with E-state index in [1.165, 1.54) is 0 Å². The van der Waals surface area contributed by atoms with E-state index in [0.29, 0.717) is 29.8 Å². The fraction of sp³-hybridized carbons (Fsp3) is 0.240. The second kappa shape index (κ2) is 8.70. The maximum atomic E-state index is 12.5. The highest BCUT2D eigenvalue weighted by Gasteiger charge is 2.34. The molecule has 0 bridgehead atoms. The maximum absolute atomic E-state index is 12.5. The number of benzene rings is 2. The van der Waals surface area contributed by atoms with E-state index in [2.05, 4.69) is 38.7 Å². The summed E-state index contributed by atoms with van der Waals surface area (Å²) >= 11 is 0. The number of aromatic amines is 1. The molecule has 2 heterocycles. The van der Waals surface area contributed by atoms with Crippen LogP contribution in [0.5, 0.6) is 11.6 Å². The zero-order valence-electron chi connectivity index (χ0n) is 17.7. The Hall–Kier alpha value is -3.87. The first-order chi connectivity index (χ1) is 15.7. The molecule has 1 amide bonds. The number of aromatic nitrogens is 3. The predicted octanol–water partition coefficient (Wildman–Crippen LogP) is 4.47. The normalized spacial score (nSPS) is 17.5. The minimum absolute atomic E-state index is 0.0815. The number of carbonyl (C=O) groups is 1. The van der Waals surface area contributed by atoms with Crippen molar-refractivity contribution in [1.29, 1.82) is 0 Å². The Balaban J connectivity index is 1.14. The van der Waals surface area contributed by atoms with Gasteiger partial charge in [-0.15, -0.1) is 0 Å². The second-order valence-electron chi connectivity index (χ2n) is 8.03. The van der Waals surface area contributed by atoms with Gasteiger partial charge in [0.25, 0.3) is 5.88 Å². The lowest BCUT2D eigenvalue weighted by Crippen LogP contribution is -2.32. The Labute approximate surface area is 185 Å². The van der Waals surface area contributed by atoms with Gasteiger partial charge in [-0.2, -0.15) is 5.10 Å². The number of methoxy groups -OCH3 is 1. The van der Waals surface area contributed by atoms with E-state index in [1.807, 2.05) is 42.5 Å². The first-order valence-corrected chi connectivity index (χ1v) is 10.7. The van der Waals surface area contributed by atoms with Crippen molar-refractivity contribution in [2.75, 3.05) is 12.4 Å². The average Bonchev–Trinajstić information content (AvgIpc) is 3.23. The fourth-order valence-corrected chi connectivity index (χ4v) is 4.02. The highest BCUT2D eigenvalue weighted by molar-refractivity contribution is 5.92. The van der Waals surface area contributed by atoms with Gasteiger partial charge in [-0.1, -0.05) is 42.5 Å². The summed E-state index contributed by atoms with van der Waals surface area (Å²) in [5.41, 5.74) is 1.97. The maximum Gasteiger partial charge on any atom is 0.257 e. The van der Waals surface area contributed by atoms with Gasteiger partial charge >= 0.3 is 0 Å². The van der Waals surface area contributed by atoms with Crippen molar-refractivity contribution in [3.8, 4) is 11.6 Å². The molecular weight excluding hydrogens is 404 g/mol. The third-order valence-corrected chi connectivity index (χ3v) is 5.81. The number of rotatable bonds is 7. The van der Waals surface area contributed by atoms with Crippen LogP contribution >= 0.6 is 0 Å². The van der Waals surface area contributed by atoms with Crippen LogP contribution in [0.25, 0.3) is 10.8 Å². The van der Waals surface area contributed by atoms with Crippen LogP contribution < -0.4 is 14.8 Å². The van der Waals surface area contributed by atoms with Crippen molar-refractivity contribution in [3.05, 3.63) is 78.1 Å². The Bertz CT molecular complexity index is 1250. The molecule has 1 fully saturated rings. The SMILES string of the molecule is COc1cccnc1OC1CC(c2cc(NC(=O)Cc3ccc4ccccc4c3)n[nH]2)C1. The van der Waals surface area contributed by atoms with Gasteiger partial charge in [0.1, 0.15) is 6.10 Å². The summed E-state index contributed by atoms with van der Waals surface area (Å²) in [6.07, 6.45) is 3.78. The largest absolute Gasteiger partial charge is 0.491 e. The number of fused-ring (bicyclic) bond motifs is 1. The van der Waals surface area contributed by atoms with Crippen LogP contribution in [0.3, 0.4) is 0 Å². The minimum Gasteiger partial charge on any atom is -0.491 e. The van der Waals surface area contributed by atoms with Gasteiger partial charge in [-0.3, -0.25) is 9.89 Å². The standard InChI is InChI=1S/C25H24N4O3/c1-31-22-7-4-10-26-25(22)32-20-13-19(14-20)21-15-23(29-28-21)27-24(30)12-16-8-9-17-5-2-3-6-18(17)11-16/h2-11,15,19-20H,12-14H2,1H3,(H2,27,28,29,30). The number of ether oxygens (including phenoxy) is 2. The average molecular weight is 428 g/mol. The molecule has 0 unspecified atom stereocenters. The summed E-state index contributed by atoms with van der Waals surface area (Å²) in [4.78, 5) is 16.7. The van der Waals surface area contributed by atoms with Crippen LogP contribution in [0.4, 0.5) is 5.82 Å². The number of anilines is 1. The highest BCUT2D eigenvalue weighted by atomic mass is 16.5. The number of nitrogens with zero attached hydrogens (tertiary/aromatic N) is 2. The van der Waals surface area contributed by atoms with Gasteiger partial charge in [-0.25, -0.2) is 4.98 Å². The Morgan fingerprint density at radius 3 is 2.78 bits per heavy atom. The zero-order chi connectivity index (χ0) is 21.9. The summed E-state index contributed by atoms with van der Waals surface area (Å²) in [5, 5.41) is 12.5. The number of pyridine rings is 1. The van der Waals surface area contributed by atoms with Gasteiger partial charge in [0.05, 0.1) is 13.5 Å². The third-order valence-electron chi connectivity index (χ3n) is 5.81. The predicted molar refractivity (Wildman–Crippen MR) is 122 cm³/mol. The third kappa shape index (κ3) is 4.27. The molecule has 0 spiro atoms. The van der Waals surface area contributed by atoms with Crippen molar-refractivity contribution in [1.82, 2.24) is 15.2 Å². The number of H-pyrrole nitrogens is 1. The summed E-state index contributed by atoms with van der Waals surface area (Å²) in [6, 6.07) is 19.8. The van der Waals surface area contributed by atoms with E-state index >= 15 is 0 Å². The highest BCUT2D eigenvalue weighted by Crippen LogP contribution is 2.40. The summed E-state index contributed by atoms with van der Waals surface area (Å²) in [7, 11) is 1.61. The van der Waals surface area contributed by atoms with Crippen molar-refractivity contribution < 1.29 is 14.3 Å². The second-order valence-corrected chi connectivity index (χ2v) is 8.03. The quantitative estimate of drug-likeness (QED) is 0.453. The van der Waals surface area contributed by atoms with Crippen LogP contribution in [0.15, 0.2) is 66.9 Å². The topological polar surface area (TPSA) is 89.1 Å². The van der Waals surface area contributed by atoms with E-state index in [0.717, 1.165) is 34.9 Å². The molecule has 7 nitrogen and oxygen atoms in total.